The summed E-state index contributed by atoms with van der Waals surface area (Å²) in [6.45, 7) is 5.00. The lowest BCUT2D eigenvalue weighted by Crippen LogP contribution is -2.45. The minimum absolute atomic E-state index is 0.467. The normalized spacial score (nSPS) is 23.6. The number of ether oxygens (including phenoxy) is 2. The van der Waals surface area contributed by atoms with E-state index >= 15 is 0 Å². The standard InChI is InChI=1S/C16H26N2O2/c1-12-7-8-18(14(9-12)10-17)11-13-5-4-6-15(19-2)16(13)20-3/h4-6,12,14H,7-11,17H2,1-3H3. The highest BCUT2D eigenvalue weighted by Gasteiger charge is 2.26. The first-order valence-corrected chi connectivity index (χ1v) is 7.33. The van der Waals surface area contributed by atoms with E-state index in [1.165, 1.54) is 18.4 Å². The second-order valence-corrected chi connectivity index (χ2v) is 5.64. The Hall–Kier alpha value is -1.26. The summed E-state index contributed by atoms with van der Waals surface area (Å²) in [5.74, 6) is 2.40. The van der Waals surface area contributed by atoms with Gasteiger partial charge in [0, 0.05) is 24.7 Å². The minimum atomic E-state index is 0.467. The molecule has 2 N–H and O–H groups in total. The average molecular weight is 278 g/mol. The maximum Gasteiger partial charge on any atom is 0.165 e. The van der Waals surface area contributed by atoms with E-state index in [1.807, 2.05) is 12.1 Å². The number of benzene rings is 1. The van der Waals surface area contributed by atoms with Gasteiger partial charge in [-0.05, 0) is 31.4 Å². The van der Waals surface area contributed by atoms with Gasteiger partial charge in [-0.2, -0.15) is 0 Å². The molecular formula is C16H26N2O2. The van der Waals surface area contributed by atoms with Crippen molar-refractivity contribution in [2.45, 2.75) is 32.4 Å². The van der Waals surface area contributed by atoms with E-state index in [9.17, 15) is 0 Å². The van der Waals surface area contributed by atoms with Gasteiger partial charge in [-0.15, -0.1) is 0 Å². The zero-order chi connectivity index (χ0) is 14.5. The first kappa shape index (κ1) is 15.1. The lowest BCUT2D eigenvalue weighted by molar-refractivity contribution is 0.114. The third kappa shape index (κ3) is 3.25. The number of rotatable bonds is 5. The number of hydrogen-bond donors (Lipinski definition) is 1. The largest absolute Gasteiger partial charge is 0.493 e. The van der Waals surface area contributed by atoms with Crippen molar-refractivity contribution in [1.82, 2.24) is 4.90 Å². The smallest absolute Gasteiger partial charge is 0.165 e. The van der Waals surface area contributed by atoms with Crippen LogP contribution in [-0.2, 0) is 6.54 Å². The Labute approximate surface area is 121 Å². The Morgan fingerprint density at radius 1 is 1.30 bits per heavy atom. The van der Waals surface area contributed by atoms with Crippen molar-refractivity contribution in [2.24, 2.45) is 11.7 Å². The van der Waals surface area contributed by atoms with Gasteiger partial charge in [-0.3, -0.25) is 4.90 Å². The van der Waals surface area contributed by atoms with E-state index in [2.05, 4.69) is 17.9 Å². The molecule has 0 aromatic heterocycles. The monoisotopic (exact) mass is 278 g/mol. The molecule has 4 heteroatoms. The number of nitrogens with zero attached hydrogens (tertiary/aromatic N) is 1. The molecule has 112 valence electrons. The molecule has 1 saturated heterocycles. The van der Waals surface area contributed by atoms with Crippen molar-refractivity contribution >= 4 is 0 Å². The molecule has 0 amide bonds. The van der Waals surface area contributed by atoms with Gasteiger partial charge in [0.2, 0.25) is 0 Å². The Kier molecular flexibility index (Phi) is 5.26. The molecular weight excluding hydrogens is 252 g/mol. The highest BCUT2D eigenvalue weighted by molar-refractivity contribution is 5.46. The van der Waals surface area contributed by atoms with Gasteiger partial charge in [-0.25, -0.2) is 0 Å². The highest BCUT2D eigenvalue weighted by Crippen LogP contribution is 2.33. The molecule has 1 aliphatic rings. The van der Waals surface area contributed by atoms with Crippen molar-refractivity contribution in [3.63, 3.8) is 0 Å². The minimum Gasteiger partial charge on any atom is -0.493 e. The quantitative estimate of drug-likeness (QED) is 0.897. The van der Waals surface area contributed by atoms with Crippen LogP contribution in [0.4, 0.5) is 0 Å². The van der Waals surface area contributed by atoms with Crippen molar-refractivity contribution in [3.8, 4) is 11.5 Å². The van der Waals surface area contributed by atoms with Crippen LogP contribution < -0.4 is 15.2 Å². The molecule has 2 unspecified atom stereocenters. The molecule has 1 aliphatic heterocycles. The van der Waals surface area contributed by atoms with Crippen LogP contribution in [0.2, 0.25) is 0 Å². The van der Waals surface area contributed by atoms with Gasteiger partial charge < -0.3 is 15.2 Å². The van der Waals surface area contributed by atoms with Gasteiger partial charge >= 0.3 is 0 Å². The summed E-state index contributed by atoms with van der Waals surface area (Å²) in [6, 6.07) is 6.52. The Balaban J connectivity index is 2.16. The number of hydrogen-bond acceptors (Lipinski definition) is 4. The predicted molar refractivity (Wildman–Crippen MR) is 81.2 cm³/mol. The van der Waals surface area contributed by atoms with E-state index in [0.29, 0.717) is 6.04 Å². The summed E-state index contributed by atoms with van der Waals surface area (Å²) in [7, 11) is 3.37. The highest BCUT2D eigenvalue weighted by atomic mass is 16.5. The lowest BCUT2D eigenvalue weighted by atomic mass is 9.92. The number of likely N-dealkylation sites (tertiary alicyclic amines) is 1. The summed E-state index contributed by atoms with van der Waals surface area (Å²) in [4.78, 5) is 2.47. The van der Waals surface area contributed by atoms with Crippen LogP contribution in [0.5, 0.6) is 11.5 Å². The van der Waals surface area contributed by atoms with Crippen LogP contribution in [-0.4, -0.2) is 38.3 Å². The second kappa shape index (κ2) is 6.95. The topological polar surface area (TPSA) is 47.7 Å². The second-order valence-electron chi connectivity index (χ2n) is 5.64. The van der Waals surface area contributed by atoms with Gasteiger partial charge in [0.05, 0.1) is 14.2 Å². The van der Waals surface area contributed by atoms with E-state index in [1.54, 1.807) is 14.2 Å². The third-order valence-corrected chi connectivity index (χ3v) is 4.23. The summed E-state index contributed by atoms with van der Waals surface area (Å²) >= 11 is 0. The first-order valence-electron chi connectivity index (χ1n) is 7.33. The van der Waals surface area contributed by atoms with Crippen molar-refractivity contribution < 1.29 is 9.47 Å². The van der Waals surface area contributed by atoms with Crippen LogP contribution in [0.1, 0.15) is 25.3 Å². The molecule has 1 aromatic carbocycles. The zero-order valence-electron chi connectivity index (χ0n) is 12.8. The molecule has 4 nitrogen and oxygen atoms in total. The summed E-state index contributed by atoms with van der Waals surface area (Å²) in [6.07, 6.45) is 2.42. The van der Waals surface area contributed by atoms with E-state index in [4.69, 9.17) is 15.2 Å². The van der Waals surface area contributed by atoms with Crippen molar-refractivity contribution in [3.05, 3.63) is 23.8 Å². The molecule has 20 heavy (non-hydrogen) atoms. The van der Waals surface area contributed by atoms with Crippen LogP contribution in [0.25, 0.3) is 0 Å². The van der Waals surface area contributed by atoms with Crippen LogP contribution >= 0.6 is 0 Å². The van der Waals surface area contributed by atoms with E-state index < -0.39 is 0 Å². The molecule has 0 radical (unpaired) electrons. The fourth-order valence-electron chi connectivity index (χ4n) is 3.05. The van der Waals surface area contributed by atoms with Gasteiger partial charge in [0.1, 0.15) is 0 Å². The average Bonchev–Trinajstić information content (AvgIpc) is 2.48. The Morgan fingerprint density at radius 3 is 2.75 bits per heavy atom. The molecule has 1 aromatic rings. The molecule has 2 rings (SSSR count). The molecule has 1 heterocycles. The molecule has 0 saturated carbocycles. The van der Waals surface area contributed by atoms with Gasteiger partial charge in [0.25, 0.3) is 0 Å². The third-order valence-electron chi connectivity index (χ3n) is 4.23. The zero-order valence-corrected chi connectivity index (χ0v) is 12.8. The molecule has 0 bridgehead atoms. The van der Waals surface area contributed by atoms with Gasteiger partial charge in [0.15, 0.2) is 11.5 Å². The first-order chi connectivity index (χ1) is 9.69. The van der Waals surface area contributed by atoms with Crippen molar-refractivity contribution in [1.29, 1.82) is 0 Å². The summed E-state index contributed by atoms with van der Waals surface area (Å²) in [5, 5.41) is 0. The lowest BCUT2D eigenvalue weighted by Gasteiger charge is -2.38. The number of piperidine rings is 1. The van der Waals surface area contributed by atoms with Crippen LogP contribution in [0.15, 0.2) is 18.2 Å². The fraction of sp³-hybridized carbons (Fsp3) is 0.625. The Morgan fingerprint density at radius 2 is 2.10 bits per heavy atom. The fourth-order valence-corrected chi connectivity index (χ4v) is 3.05. The Bertz CT molecular complexity index is 436. The van der Waals surface area contributed by atoms with Crippen molar-refractivity contribution in [2.75, 3.05) is 27.3 Å². The maximum atomic E-state index is 5.94. The van der Waals surface area contributed by atoms with Crippen LogP contribution in [0.3, 0.4) is 0 Å². The van der Waals surface area contributed by atoms with E-state index in [0.717, 1.165) is 37.1 Å². The molecule has 0 spiro atoms. The van der Waals surface area contributed by atoms with Gasteiger partial charge in [-0.1, -0.05) is 19.1 Å². The molecule has 0 aliphatic carbocycles. The number of para-hydroxylation sites is 1. The predicted octanol–water partition coefficient (Wildman–Crippen LogP) is 2.26. The summed E-state index contributed by atoms with van der Waals surface area (Å²) in [5.41, 5.74) is 7.11. The maximum absolute atomic E-state index is 5.94. The molecule has 1 fully saturated rings. The van der Waals surface area contributed by atoms with E-state index in [-0.39, 0.29) is 0 Å². The SMILES string of the molecule is COc1cccc(CN2CCC(C)CC2CN)c1OC. The number of nitrogens with two attached hydrogens (primary N) is 1. The summed E-state index contributed by atoms with van der Waals surface area (Å²) < 4.78 is 10.9. The number of methoxy groups -OCH3 is 2. The molecule has 2 atom stereocenters. The van der Waals surface area contributed by atoms with Crippen LogP contribution in [0, 0.1) is 5.92 Å².